The van der Waals surface area contributed by atoms with Crippen LogP contribution >= 0.6 is 0 Å². The van der Waals surface area contributed by atoms with Crippen LogP contribution < -0.4 is 21.4 Å². The summed E-state index contributed by atoms with van der Waals surface area (Å²) in [7, 11) is 3.06. The van der Waals surface area contributed by atoms with E-state index in [1.165, 1.54) is 33.4 Å². The van der Waals surface area contributed by atoms with Gasteiger partial charge in [0.05, 0.1) is 28.9 Å². The van der Waals surface area contributed by atoms with Gasteiger partial charge in [0.1, 0.15) is 0 Å². The van der Waals surface area contributed by atoms with Gasteiger partial charge < -0.3 is 16.0 Å². The van der Waals surface area contributed by atoms with Crippen molar-refractivity contribution in [2.75, 3.05) is 19.4 Å². The fourth-order valence-corrected chi connectivity index (χ4v) is 4.73. The summed E-state index contributed by atoms with van der Waals surface area (Å²) in [4.78, 5) is 35.3. The number of hydroxylamine groups is 1. The van der Waals surface area contributed by atoms with Crippen molar-refractivity contribution in [2.45, 2.75) is 70.6 Å². The minimum atomic E-state index is -1.45. The van der Waals surface area contributed by atoms with Crippen molar-refractivity contribution in [3.63, 3.8) is 0 Å². The molecule has 33 heavy (non-hydrogen) atoms. The van der Waals surface area contributed by atoms with Crippen molar-refractivity contribution >= 4 is 34.2 Å². The lowest BCUT2D eigenvalue weighted by molar-refractivity contribution is -0.148. The summed E-state index contributed by atoms with van der Waals surface area (Å²) in [6.45, 7) is 4.75. The lowest BCUT2D eigenvalue weighted by Gasteiger charge is -2.26. The molecular formula is C23H33N7O3. The normalized spacial score (nSPS) is 20.9. The first-order chi connectivity index (χ1) is 15.9. The third-order valence-electron chi connectivity index (χ3n) is 6.51. The molecule has 4 N–H and O–H groups in total. The number of rotatable bonds is 7. The Hall–Kier alpha value is -3.14. The second-order valence-corrected chi connectivity index (χ2v) is 8.71. The molecule has 2 aromatic rings. The van der Waals surface area contributed by atoms with Gasteiger partial charge >= 0.3 is 0 Å². The van der Waals surface area contributed by atoms with E-state index in [0.717, 1.165) is 47.4 Å². The van der Waals surface area contributed by atoms with Crippen LogP contribution in [0, 0.1) is 6.92 Å². The van der Waals surface area contributed by atoms with Crippen LogP contribution in [0.25, 0.3) is 16.7 Å². The molecule has 2 aromatic heterocycles. The second kappa shape index (κ2) is 9.38. The molecule has 4 rings (SSSR count). The maximum absolute atomic E-state index is 12.7. The van der Waals surface area contributed by atoms with Gasteiger partial charge in [-0.05, 0) is 32.8 Å². The van der Waals surface area contributed by atoms with E-state index in [9.17, 15) is 9.59 Å². The highest BCUT2D eigenvalue weighted by Gasteiger charge is 2.45. The Bertz CT molecular complexity index is 1090. The largest absolute Gasteiger partial charge is 0.381 e. The highest BCUT2D eigenvalue weighted by atomic mass is 16.7. The molecule has 1 aliphatic carbocycles. The van der Waals surface area contributed by atoms with E-state index in [4.69, 9.17) is 9.82 Å². The minimum Gasteiger partial charge on any atom is -0.381 e. The van der Waals surface area contributed by atoms with E-state index >= 15 is 0 Å². The number of carbonyl (C=O) groups excluding carboxylic acids is 2. The molecule has 0 spiro atoms. The predicted molar refractivity (Wildman–Crippen MR) is 126 cm³/mol. The van der Waals surface area contributed by atoms with E-state index < -0.39 is 11.5 Å². The van der Waals surface area contributed by atoms with Gasteiger partial charge in [0, 0.05) is 38.4 Å². The van der Waals surface area contributed by atoms with Crippen molar-refractivity contribution in [1.82, 2.24) is 30.9 Å². The topological polar surface area (TPSA) is 122 Å². The molecule has 1 aliphatic heterocycles. The molecule has 0 radical (unpaired) electrons. The van der Waals surface area contributed by atoms with Gasteiger partial charge in [0.2, 0.25) is 11.5 Å². The van der Waals surface area contributed by atoms with E-state index in [0.29, 0.717) is 11.7 Å². The molecule has 3 heterocycles. The third-order valence-corrected chi connectivity index (χ3v) is 6.51. The van der Waals surface area contributed by atoms with Gasteiger partial charge in [-0.3, -0.25) is 19.9 Å². The van der Waals surface area contributed by atoms with Crippen LogP contribution in [-0.4, -0.2) is 52.3 Å². The predicted octanol–water partition coefficient (Wildman–Crippen LogP) is 2.00. The number of hydrogen-bond acceptors (Lipinski definition) is 7. The quantitative estimate of drug-likeness (QED) is 0.504. The molecule has 2 amide bonds. The molecule has 10 heteroatoms. The van der Waals surface area contributed by atoms with Crippen LogP contribution in [0.5, 0.6) is 0 Å². The highest BCUT2D eigenvalue weighted by Crippen LogP contribution is 2.38. The zero-order valence-corrected chi connectivity index (χ0v) is 19.7. The van der Waals surface area contributed by atoms with E-state index in [2.05, 4.69) is 26.5 Å². The maximum atomic E-state index is 12.7. The Labute approximate surface area is 193 Å². The third kappa shape index (κ3) is 4.27. The monoisotopic (exact) mass is 455 g/mol. The number of amides is 2. The summed E-state index contributed by atoms with van der Waals surface area (Å²) in [6, 6.07) is 0.352. The molecule has 0 aromatic carbocycles. The lowest BCUT2D eigenvalue weighted by atomic mass is 9.93. The SMILES string of the molecule is CCn1nc(C)c2c(NC3CCCCC3)c(C3=CC(CC(=O)NC)(C(=O)NC)ON3)cnc21. The summed E-state index contributed by atoms with van der Waals surface area (Å²) >= 11 is 0. The number of carbonyl (C=O) groups is 2. The average Bonchev–Trinajstić information content (AvgIpc) is 3.41. The van der Waals surface area contributed by atoms with Crippen LogP contribution in [0.3, 0.4) is 0 Å². The van der Waals surface area contributed by atoms with Gasteiger partial charge in [0.25, 0.3) is 5.91 Å². The first-order valence-corrected chi connectivity index (χ1v) is 11.6. The minimum absolute atomic E-state index is 0.145. The molecular weight excluding hydrogens is 422 g/mol. The fourth-order valence-electron chi connectivity index (χ4n) is 4.73. The van der Waals surface area contributed by atoms with Crippen molar-refractivity contribution < 1.29 is 14.4 Å². The second-order valence-electron chi connectivity index (χ2n) is 8.71. The van der Waals surface area contributed by atoms with Gasteiger partial charge in [-0.15, -0.1) is 0 Å². The Kier molecular flexibility index (Phi) is 6.55. The first-order valence-electron chi connectivity index (χ1n) is 11.6. The van der Waals surface area contributed by atoms with E-state index in [-0.39, 0.29) is 12.3 Å². The number of pyridine rings is 1. The Morgan fingerprint density at radius 3 is 2.67 bits per heavy atom. The summed E-state index contributed by atoms with van der Waals surface area (Å²) < 4.78 is 1.90. The summed E-state index contributed by atoms with van der Waals surface area (Å²) in [6.07, 6.45) is 9.18. The molecule has 1 fully saturated rings. The van der Waals surface area contributed by atoms with Crippen molar-refractivity contribution in [1.29, 1.82) is 0 Å². The number of anilines is 1. The Balaban J connectivity index is 1.83. The number of fused-ring (bicyclic) bond motifs is 1. The standard InChI is InChI=1S/C23H33N7O3/c1-5-30-21-19(14(2)28-30)20(27-15-9-7-6-8-10-15)16(13-26-21)17-11-23(33-29-17,22(32)25-4)12-18(31)24-3/h11,13,15,29H,5-10,12H2,1-4H3,(H,24,31)(H,25,32)(H,26,27). The molecule has 0 saturated heterocycles. The fraction of sp³-hybridized carbons (Fsp3) is 0.565. The van der Waals surface area contributed by atoms with Crippen LogP contribution in [0.15, 0.2) is 12.3 Å². The molecule has 178 valence electrons. The van der Waals surface area contributed by atoms with Crippen LogP contribution in [0.4, 0.5) is 5.69 Å². The van der Waals surface area contributed by atoms with Gasteiger partial charge in [-0.2, -0.15) is 5.10 Å². The van der Waals surface area contributed by atoms with Gasteiger partial charge in [0.15, 0.2) is 5.65 Å². The number of hydrogen-bond donors (Lipinski definition) is 4. The van der Waals surface area contributed by atoms with E-state index in [1.807, 2.05) is 18.5 Å². The zero-order chi connectivity index (χ0) is 23.6. The number of nitrogens with one attached hydrogen (secondary N) is 4. The Morgan fingerprint density at radius 2 is 2.00 bits per heavy atom. The molecule has 2 aliphatic rings. The molecule has 1 unspecified atom stereocenters. The van der Waals surface area contributed by atoms with Crippen LogP contribution in [0.2, 0.25) is 0 Å². The average molecular weight is 456 g/mol. The highest BCUT2D eigenvalue weighted by molar-refractivity contribution is 6.00. The molecule has 10 nitrogen and oxygen atoms in total. The zero-order valence-electron chi connectivity index (χ0n) is 19.7. The smallest absolute Gasteiger partial charge is 0.259 e. The Morgan fingerprint density at radius 1 is 1.24 bits per heavy atom. The van der Waals surface area contributed by atoms with Gasteiger partial charge in [-0.25, -0.2) is 9.67 Å². The van der Waals surface area contributed by atoms with Crippen molar-refractivity contribution in [3.8, 4) is 0 Å². The van der Waals surface area contributed by atoms with Crippen LogP contribution in [0.1, 0.15) is 56.7 Å². The molecule has 0 bridgehead atoms. The molecule has 1 atom stereocenters. The van der Waals surface area contributed by atoms with Crippen molar-refractivity contribution in [3.05, 3.63) is 23.5 Å². The number of aryl methyl sites for hydroxylation is 2. The summed E-state index contributed by atoms with van der Waals surface area (Å²) in [5, 5.41) is 14.6. The lowest BCUT2D eigenvalue weighted by Crippen LogP contribution is -2.48. The van der Waals surface area contributed by atoms with Crippen LogP contribution in [-0.2, 0) is 21.0 Å². The summed E-state index contributed by atoms with van der Waals surface area (Å²) in [5.41, 5.74) is 5.47. The maximum Gasteiger partial charge on any atom is 0.259 e. The number of nitrogens with zero attached hydrogens (tertiary/aromatic N) is 3. The van der Waals surface area contributed by atoms with E-state index in [1.54, 1.807) is 12.3 Å². The number of aromatic nitrogens is 3. The molecule has 1 saturated carbocycles. The first kappa shape index (κ1) is 23.0. The van der Waals surface area contributed by atoms with Crippen molar-refractivity contribution in [2.24, 2.45) is 0 Å². The number of likely N-dealkylation sites (N-methyl/N-ethyl adjacent to an activating group) is 1. The summed E-state index contributed by atoms with van der Waals surface area (Å²) in [5.74, 6) is -0.702. The van der Waals surface area contributed by atoms with Gasteiger partial charge in [-0.1, -0.05) is 19.3 Å².